The van der Waals surface area contributed by atoms with E-state index < -0.39 is 11.0 Å². The second kappa shape index (κ2) is 9.70. The number of hydrogen-bond acceptors (Lipinski definition) is 8. The van der Waals surface area contributed by atoms with Gasteiger partial charge in [0.25, 0.3) is 11.6 Å². The Bertz CT molecular complexity index is 1030. The second-order valence-corrected chi connectivity index (χ2v) is 7.01. The first kappa shape index (κ1) is 21.8. The van der Waals surface area contributed by atoms with Gasteiger partial charge >= 0.3 is 0 Å². The summed E-state index contributed by atoms with van der Waals surface area (Å²) in [6.07, 6.45) is 0. The Morgan fingerprint density at radius 1 is 1.13 bits per heavy atom. The van der Waals surface area contributed by atoms with Crippen LogP contribution in [0, 0.1) is 16.0 Å². The average molecular weight is 426 g/mol. The van der Waals surface area contributed by atoms with Crippen molar-refractivity contribution in [2.45, 2.75) is 19.9 Å². The molecule has 1 amide bonds. The van der Waals surface area contributed by atoms with Gasteiger partial charge in [0.1, 0.15) is 17.5 Å². The zero-order chi connectivity index (χ0) is 22.4. The monoisotopic (exact) mass is 426 g/mol. The van der Waals surface area contributed by atoms with Crippen LogP contribution in [-0.4, -0.2) is 34.7 Å². The molecule has 1 heterocycles. The molecule has 3 aromatic rings. The van der Waals surface area contributed by atoms with Gasteiger partial charge in [0.2, 0.25) is 11.7 Å². The Labute approximate surface area is 178 Å². The number of nitrogens with zero attached hydrogens (tertiary/aromatic N) is 3. The van der Waals surface area contributed by atoms with Crippen LogP contribution in [0.1, 0.15) is 25.8 Å². The average Bonchev–Trinajstić information content (AvgIpc) is 3.26. The molecule has 0 radical (unpaired) electrons. The Morgan fingerprint density at radius 3 is 2.35 bits per heavy atom. The smallest absolute Gasteiger partial charge is 0.269 e. The molecule has 10 heteroatoms. The molecule has 31 heavy (non-hydrogen) atoms. The van der Waals surface area contributed by atoms with Gasteiger partial charge in [-0.1, -0.05) is 19.0 Å². The number of benzene rings is 2. The number of amides is 1. The van der Waals surface area contributed by atoms with Gasteiger partial charge in [-0.05, 0) is 42.3 Å². The fourth-order valence-electron chi connectivity index (χ4n) is 2.76. The van der Waals surface area contributed by atoms with Crippen molar-refractivity contribution >= 4 is 11.6 Å². The van der Waals surface area contributed by atoms with Crippen molar-refractivity contribution < 1.29 is 23.7 Å². The first-order valence-corrected chi connectivity index (χ1v) is 9.52. The van der Waals surface area contributed by atoms with E-state index in [2.05, 4.69) is 15.5 Å². The van der Waals surface area contributed by atoms with Crippen LogP contribution in [0.2, 0.25) is 0 Å². The van der Waals surface area contributed by atoms with Crippen molar-refractivity contribution in [2.75, 3.05) is 13.7 Å². The quantitative estimate of drug-likeness (QED) is 0.406. The Kier molecular flexibility index (Phi) is 6.81. The summed E-state index contributed by atoms with van der Waals surface area (Å²) in [5.41, 5.74) is 0.701. The number of nitro benzene ring substituents is 1. The van der Waals surface area contributed by atoms with Crippen LogP contribution >= 0.6 is 0 Å². The van der Waals surface area contributed by atoms with Crippen molar-refractivity contribution in [3.63, 3.8) is 0 Å². The van der Waals surface area contributed by atoms with Crippen LogP contribution in [0.5, 0.6) is 11.5 Å². The third-order valence-corrected chi connectivity index (χ3v) is 4.46. The molecule has 162 valence electrons. The maximum atomic E-state index is 12.4. The summed E-state index contributed by atoms with van der Waals surface area (Å²) in [6, 6.07) is 12.2. The maximum Gasteiger partial charge on any atom is 0.269 e. The summed E-state index contributed by atoms with van der Waals surface area (Å²) in [4.78, 5) is 27.0. The Hall–Kier alpha value is -3.95. The molecular formula is C21H22N4O6. The molecule has 3 rings (SSSR count). The Morgan fingerprint density at radius 2 is 1.77 bits per heavy atom. The zero-order valence-electron chi connectivity index (χ0n) is 17.3. The molecule has 0 fully saturated rings. The summed E-state index contributed by atoms with van der Waals surface area (Å²) in [6.45, 7) is 3.57. The van der Waals surface area contributed by atoms with Crippen LogP contribution in [-0.2, 0) is 4.79 Å². The minimum Gasteiger partial charge on any atom is -0.497 e. The van der Waals surface area contributed by atoms with Gasteiger partial charge in [-0.3, -0.25) is 14.9 Å². The molecule has 0 aliphatic carbocycles. The number of carbonyl (C=O) groups excluding carboxylic acids is 1. The van der Waals surface area contributed by atoms with Crippen LogP contribution < -0.4 is 14.8 Å². The van der Waals surface area contributed by atoms with Crippen LogP contribution in [0.4, 0.5) is 5.69 Å². The van der Waals surface area contributed by atoms with Gasteiger partial charge in [0.15, 0.2) is 6.61 Å². The van der Waals surface area contributed by atoms with Gasteiger partial charge in [-0.2, -0.15) is 4.98 Å². The van der Waals surface area contributed by atoms with E-state index in [-0.39, 0.29) is 30.0 Å². The van der Waals surface area contributed by atoms with E-state index in [9.17, 15) is 14.9 Å². The highest BCUT2D eigenvalue weighted by molar-refractivity contribution is 5.78. The summed E-state index contributed by atoms with van der Waals surface area (Å²) < 4.78 is 15.9. The minimum atomic E-state index is -0.507. The lowest BCUT2D eigenvalue weighted by Crippen LogP contribution is -2.35. The van der Waals surface area contributed by atoms with E-state index in [0.717, 1.165) is 5.56 Å². The fourth-order valence-corrected chi connectivity index (χ4v) is 2.76. The SMILES string of the molecule is COc1ccc(-c2noc([C@H](NC(=O)COc3ccc([N+](=O)[O-])cc3)C(C)C)n2)cc1. The summed E-state index contributed by atoms with van der Waals surface area (Å²) in [7, 11) is 1.59. The van der Waals surface area contributed by atoms with Crippen molar-refractivity contribution in [1.82, 2.24) is 15.5 Å². The predicted octanol–water partition coefficient (Wildman–Crippen LogP) is 3.55. The number of ether oxygens (including phenoxy) is 2. The normalized spacial score (nSPS) is 11.7. The third-order valence-electron chi connectivity index (χ3n) is 4.46. The van der Waals surface area contributed by atoms with Gasteiger partial charge in [0.05, 0.1) is 12.0 Å². The Balaban J connectivity index is 1.63. The van der Waals surface area contributed by atoms with Gasteiger partial charge in [0, 0.05) is 17.7 Å². The molecule has 2 aromatic carbocycles. The molecule has 0 bridgehead atoms. The lowest BCUT2D eigenvalue weighted by atomic mass is 10.0. The molecule has 0 unspecified atom stereocenters. The van der Waals surface area contributed by atoms with Gasteiger partial charge < -0.3 is 19.3 Å². The third kappa shape index (κ3) is 5.56. The van der Waals surface area contributed by atoms with Crippen LogP contribution in [0.3, 0.4) is 0 Å². The molecule has 0 aliphatic heterocycles. The number of carbonyl (C=O) groups is 1. The number of nitro groups is 1. The molecular weight excluding hydrogens is 404 g/mol. The standard InChI is InChI=1S/C21H22N4O6/c1-13(2)19(21-23-20(24-31-21)14-4-8-16(29-3)9-5-14)22-18(26)12-30-17-10-6-15(7-11-17)25(27)28/h4-11,13,19H,12H2,1-3H3,(H,22,26)/t19-/m1/s1. The van der Waals surface area contributed by atoms with Crippen molar-refractivity contribution in [1.29, 1.82) is 0 Å². The van der Waals surface area contributed by atoms with E-state index in [1.165, 1.54) is 24.3 Å². The van der Waals surface area contributed by atoms with Crippen molar-refractivity contribution in [2.24, 2.45) is 5.92 Å². The largest absolute Gasteiger partial charge is 0.497 e. The maximum absolute atomic E-state index is 12.4. The van der Waals surface area contributed by atoms with E-state index in [1.807, 2.05) is 26.0 Å². The van der Waals surface area contributed by atoms with E-state index >= 15 is 0 Å². The number of non-ortho nitro benzene ring substituents is 1. The number of methoxy groups -OCH3 is 1. The number of rotatable bonds is 9. The van der Waals surface area contributed by atoms with Crippen LogP contribution in [0.15, 0.2) is 53.1 Å². The summed E-state index contributed by atoms with van der Waals surface area (Å²) >= 11 is 0. The highest BCUT2D eigenvalue weighted by Crippen LogP contribution is 2.25. The number of nitrogens with one attached hydrogen (secondary N) is 1. The first-order chi connectivity index (χ1) is 14.9. The summed E-state index contributed by atoms with van der Waals surface area (Å²) in [5, 5.41) is 17.5. The van der Waals surface area contributed by atoms with E-state index in [4.69, 9.17) is 14.0 Å². The first-order valence-electron chi connectivity index (χ1n) is 9.52. The molecule has 0 saturated carbocycles. The highest BCUT2D eigenvalue weighted by Gasteiger charge is 2.25. The molecule has 0 aliphatic rings. The summed E-state index contributed by atoms with van der Waals surface area (Å²) in [5.74, 6) is 1.34. The fraction of sp³-hybridized carbons (Fsp3) is 0.286. The van der Waals surface area contributed by atoms with Crippen molar-refractivity contribution in [3.05, 3.63) is 64.5 Å². The van der Waals surface area contributed by atoms with E-state index in [0.29, 0.717) is 17.3 Å². The minimum absolute atomic E-state index is 0.0208. The molecule has 0 saturated heterocycles. The van der Waals surface area contributed by atoms with Crippen LogP contribution in [0.25, 0.3) is 11.4 Å². The number of hydrogen-bond donors (Lipinski definition) is 1. The molecule has 1 aromatic heterocycles. The topological polar surface area (TPSA) is 130 Å². The molecule has 10 nitrogen and oxygen atoms in total. The lowest BCUT2D eigenvalue weighted by Gasteiger charge is -2.18. The molecule has 0 spiro atoms. The molecule has 1 atom stereocenters. The van der Waals surface area contributed by atoms with Crippen molar-refractivity contribution in [3.8, 4) is 22.9 Å². The number of aromatic nitrogens is 2. The predicted molar refractivity (Wildman–Crippen MR) is 111 cm³/mol. The lowest BCUT2D eigenvalue weighted by molar-refractivity contribution is -0.384. The highest BCUT2D eigenvalue weighted by atomic mass is 16.6. The molecule has 1 N–H and O–H groups in total. The second-order valence-electron chi connectivity index (χ2n) is 7.01. The van der Waals surface area contributed by atoms with Gasteiger partial charge in [-0.25, -0.2) is 0 Å². The van der Waals surface area contributed by atoms with Gasteiger partial charge in [-0.15, -0.1) is 0 Å². The zero-order valence-corrected chi connectivity index (χ0v) is 17.3. The van der Waals surface area contributed by atoms with E-state index in [1.54, 1.807) is 19.2 Å².